The zero-order valence-corrected chi connectivity index (χ0v) is 13.4. The number of hydrogen-bond acceptors (Lipinski definition) is 3. The summed E-state index contributed by atoms with van der Waals surface area (Å²) >= 11 is 0. The van der Waals surface area contributed by atoms with E-state index in [2.05, 4.69) is 17.6 Å². The Hall–Kier alpha value is -0.770. The Kier molecular flexibility index (Phi) is 4.95. The summed E-state index contributed by atoms with van der Waals surface area (Å²) in [6.45, 7) is 7.96. The predicted molar refractivity (Wildman–Crippen MR) is 80.7 cm³/mol. The molecule has 0 heterocycles. The van der Waals surface area contributed by atoms with E-state index < -0.39 is 5.60 Å². The summed E-state index contributed by atoms with van der Waals surface area (Å²) in [5, 5.41) is 6.70. The van der Waals surface area contributed by atoms with E-state index in [9.17, 15) is 4.79 Å². The van der Waals surface area contributed by atoms with Gasteiger partial charge in [-0.1, -0.05) is 26.2 Å². The molecule has 2 aliphatic rings. The number of nitrogens with one attached hydrogen (secondary N) is 2. The van der Waals surface area contributed by atoms with Gasteiger partial charge in [0.15, 0.2) is 0 Å². The molecule has 4 nitrogen and oxygen atoms in total. The Morgan fingerprint density at radius 1 is 1.15 bits per heavy atom. The second kappa shape index (κ2) is 6.33. The summed E-state index contributed by atoms with van der Waals surface area (Å²) in [5.41, 5.74) is -0.418. The largest absolute Gasteiger partial charge is 0.444 e. The quantitative estimate of drug-likeness (QED) is 0.832. The van der Waals surface area contributed by atoms with Crippen LogP contribution in [0.3, 0.4) is 0 Å². The highest BCUT2D eigenvalue weighted by molar-refractivity contribution is 5.68. The molecule has 4 heteroatoms. The highest BCUT2D eigenvalue weighted by Gasteiger charge is 2.41. The van der Waals surface area contributed by atoms with Gasteiger partial charge in [0.1, 0.15) is 5.60 Å². The number of rotatable bonds is 4. The van der Waals surface area contributed by atoms with Gasteiger partial charge in [0.05, 0.1) is 0 Å². The van der Waals surface area contributed by atoms with Crippen LogP contribution in [0.15, 0.2) is 0 Å². The van der Waals surface area contributed by atoms with Crippen LogP contribution in [-0.4, -0.2) is 29.8 Å². The van der Waals surface area contributed by atoms with E-state index in [-0.39, 0.29) is 12.1 Å². The summed E-state index contributed by atoms with van der Waals surface area (Å²) in [6, 6.07) is 1.34. The molecule has 2 fully saturated rings. The highest BCUT2D eigenvalue weighted by Crippen LogP contribution is 2.30. The molecule has 2 saturated carbocycles. The topological polar surface area (TPSA) is 50.4 Å². The standard InChI is InChI=1S/C16H30N2O2/c1-5-11-8-6-7-9-12(11)17-13-10-14(13)18-15(19)20-16(2,3)4/h11-14,17H,5-10H2,1-4H3,(H,18,19). The normalized spacial score (nSPS) is 33.6. The number of amides is 1. The molecule has 4 atom stereocenters. The highest BCUT2D eigenvalue weighted by atomic mass is 16.6. The van der Waals surface area contributed by atoms with Crippen molar-refractivity contribution in [3.63, 3.8) is 0 Å². The molecule has 20 heavy (non-hydrogen) atoms. The van der Waals surface area contributed by atoms with Gasteiger partial charge in [-0.05, 0) is 46.0 Å². The predicted octanol–water partition coefficient (Wildman–Crippen LogP) is 3.21. The lowest BCUT2D eigenvalue weighted by Crippen LogP contribution is -2.43. The van der Waals surface area contributed by atoms with Crippen LogP contribution in [0.5, 0.6) is 0 Å². The van der Waals surface area contributed by atoms with E-state index in [1.165, 1.54) is 32.1 Å². The lowest BCUT2D eigenvalue weighted by molar-refractivity contribution is 0.0521. The third kappa shape index (κ3) is 4.65. The zero-order valence-electron chi connectivity index (χ0n) is 13.4. The Balaban J connectivity index is 1.71. The van der Waals surface area contributed by atoms with Crippen LogP contribution < -0.4 is 10.6 Å². The molecule has 0 aromatic heterocycles. The molecule has 2 rings (SSSR count). The molecule has 0 aliphatic heterocycles. The fraction of sp³-hybridized carbons (Fsp3) is 0.938. The van der Waals surface area contributed by atoms with Gasteiger partial charge >= 0.3 is 6.09 Å². The maximum atomic E-state index is 11.7. The van der Waals surface area contributed by atoms with Crippen molar-refractivity contribution in [3.05, 3.63) is 0 Å². The first-order chi connectivity index (χ1) is 9.39. The van der Waals surface area contributed by atoms with Crippen molar-refractivity contribution in [2.45, 2.75) is 89.9 Å². The summed E-state index contributed by atoms with van der Waals surface area (Å²) < 4.78 is 5.29. The van der Waals surface area contributed by atoms with E-state index in [1.807, 2.05) is 20.8 Å². The van der Waals surface area contributed by atoms with Gasteiger partial charge in [-0.25, -0.2) is 4.79 Å². The Morgan fingerprint density at radius 3 is 2.50 bits per heavy atom. The second-order valence-corrected chi connectivity index (χ2v) is 7.32. The van der Waals surface area contributed by atoms with Crippen molar-refractivity contribution in [2.75, 3.05) is 0 Å². The van der Waals surface area contributed by atoms with Crippen LogP contribution in [0.2, 0.25) is 0 Å². The maximum absolute atomic E-state index is 11.7. The fourth-order valence-electron chi connectivity index (χ4n) is 3.19. The number of alkyl carbamates (subject to hydrolysis) is 1. The van der Waals surface area contributed by atoms with Gasteiger partial charge in [-0.2, -0.15) is 0 Å². The smallest absolute Gasteiger partial charge is 0.407 e. The van der Waals surface area contributed by atoms with Crippen LogP contribution in [0.4, 0.5) is 4.79 Å². The Labute approximate surface area is 123 Å². The lowest BCUT2D eigenvalue weighted by atomic mass is 9.83. The third-order valence-electron chi connectivity index (χ3n) is 4.35. The summed E-state index contributed by atoms with van der Waals surface area (Å²) in [6.07, 6.45) is 7.36. The van der Waals surface area contributed by atoms with E-state index in [1.54, 1.807) is 0 Å². The molecule has 2 N–H and O–H groups in total. The molecule has 0 aromatic carbocycles. The van der Waals surface area contributed by atoms with Gasteiger partial charge < -0.3 is 15.4 Å². The Morgan fingerprint density at radius 2 is 1.85 bits per heavy atom. The van der Waals surface area contributed by atoms with Crippen molar-refractivity contribution in [3.8, 4) is 0 Å². The van der Waals surface area contributed by atoms with Gasteiger partial charge in [-0.3, -0.25) is 0 Å². The van der Waals surface area contributed by atoms with Crippen molar-refractivity contribution >= 4 is 6.09 Å². The monoisotopic (exact) mass is 282 g/mol. The van der Waals surface area contributed by atoms with E-state index in [0.29, 0.717) is 12.1 Å². The molecular weight excluding hydrogens is 252 g/mol. The first kappa shape index (κ1) is 15.6. The molecule has 0 aromatic rings. The minimum atomic E-state index is -0.418. The van der Waals surface area contributed by atoms with E-state index in [0.717, 1.165) is 12.3 Å². The average Bonchev–Trinajstić information content (AvgIpc) is 3.05. The van der Waals surface area contributed by atoms with Gasteiger partial charge in [-0.15, -0.1) is 0 Å². The minimum absolute atomic E-state index is 0.254. The first-order valence-corrected chi connectivity index (χ1v) is 8.14. The second-order valence-electron chi connectivity index (χ2n) is 7.32. The number of ether oxygens (including phenoxy) is 1. The SMILES string of the molecule is CCC1CCCCC1NC1CC1NC(=O)OC(C)(C)C. The summed E-state index contributed by atoms with van der Waals surface area (Å²) in [7, 11) is 0. The number of carbonyl (C=O) groups excluding carboxylic acids is 1. The zero-order chi connectivity index (χ0) is 14.8. The lowest BCUT2D eigenvalue weighted by Gasteiger charge is -2.32. The van der Waals surface area contributed by atoms with Crippen LogP contribution in [0.1, 0.15) is 66.2 Å². The summed E-state index contributed by atoms with van der Waals surface area (Å²) in [5.74, 6) is 0.812. The molecule has 4 unspecified atom stereocenters. The maximum Gasteiger partial charge on any atom is 0.407 e. The number of carbonyl (C=O) groups is 1. The van der Waals surface area contributed by atoms with Crippen molar-refractivity contribution in [1.29, 1.82) is 0 Å². The van der Waals surface area contributed by atoms with Crippen molar-refractivity contribution in [2.24, 2.45) is 5.92 Å². The van der Waals surface area contributed by atoms with Crippen molar-refractivity contribution in [1.82, 2.24) is 10.6 Å². The molecule has 116 valence electrons. The third-order valence-corrected chi connectivity index (χ3v) is 4.35. The van der Waals surface area contributed by atoms with Crippen LogP contribution in [0.25, 0.3) is 0 Å². The first-order valence-electron chi connectivity index (χ1n) is 8.14. The Bertz CT molecular complexity index is 338. The molecule has 0 saturated heterocycles. The van der Waals surface area contributed by atoms with Gasteiger partial charge in [0, 0.05) is 18.1 Å². The fourth-order valence-corrected chi connectivity index (χ4v) is 3.19. The van der Waals surface area contributed by atoms with Crippen molar-refractivity contribution < 1.29 is 9.53 Å². The van der Waals surface area contributed by atoms with Crippen LogP contribution >= 0.6 is 0 Å². The van der Waals surface area contributed by atoms with Gasteiger partial charge in [0.25, 0.3) is 0 Å². The van der Waals surface area contributed by atoms with E-state index in [4.69, 9.17) is 4.74 Å². The molecule has 0 spiro atoms. The molecule has 0 radical (unpaired) electrons. The molecule has 1 amide bonds. The van der Waals surface area contributed by atoms with Crippen LogP contribution in [-0.2, 0) is 4.74 Å². The average molecular weight is 282 g/mol. The van der Waals surface area contributed by atoms with Gasteiger partial charge in [0.2, 0.25) is 0 Å². The molecule has 0 bridgehead atoms. The summed E-state index contributed by atoms with van der Waals surface area (Å²) in [4.78, 5) is 11.7. The molecule has 2 aliphatic carbocycles. The minimum Gasteiger partial charge on any atom is -0.444 e. The molecular formula is C16H30N2O2. The van der Waals surface area contributed by atoms with E-state index >= 15 is 0 Å². The van der Waals surface area contributed by atoms with Crippen LogP contribution in [0, 0.1) is 5.92 Å². The number of hydrogen-bond donors (Lipinski definition) is 2.